The van der Waals surface area contributed by atoms with E-state index in [1.807, 2.05) is 30.3 Å². The molecular formula is C22H18BrNO3. The van der Waals surface area contributed by atoms with Crippen molar-refractivity contribution >= 4 is 27.7 Å². The third kappa shape index (κ3) is 3.36. The van der Waals surface area contributed by atoms with E-state index < -0.39 is 6.09 Å². The van der Waals surface area contributed by atoms with Gasteiger partial charge in [-0.3, -0.25) is 5.32 Å². The number of aliphatic hydroxyl groups excluding tert-OH is 1. The summed E-state index contributed by atoms with van der Waals surface area (Å²) in [6.45, 7) is 0.0722. The van der Waals surface area contributed by atoms with Crippen molar-refractivity contribution in [1.29, 1.82) is 0 Å². The van der Waals surface area contributed by atoms with E-state index in [9.17, 15) is 9.90 Å². The molecule has 3 aromatic carbocycles. The first-order valence-corrected chi connectivity index (χ1v) is 9.48. The molecule has 0 saturated carbocycles. The van der Waals surface area contributed by atoms with Crippen LogP contribution in [0.25, 0.3) is 11.1 Å². The van der Waals surface area contributed by atoms with Gasteiger partial charge in [-0.2, -0.15) is 0 Å². The Hall–Kier alpha value is -2.63. The second kappa shape index (κ2) is 7.55. The third-order valence-corrected chi connectivity index (χ3v) is 5.60. The van der Waals surface area contributed by atoms with E-state index in [1.165, 1.54) is 22.3 Å². The highest BCUT2D eigenvalue weighted by atomic mass is 79.9. The number of nitrogens with one attached hydrogen (secondary N) is 1. The minimum Gasteiger partial charge on any atom is -0.448 e. The molecule has 0 saturated heterocycles. The van der Waals surface area contributed by atoms with Gasteiger partial charge in [-0.05, 0) is 34.4 Å². The lowest BCUT2D eigenvalue weighted by molar-refractivity contribution is 0.158. The summed E-state index contributed by atoms with van der Waals surface area (Å²) in [5.41, 5.74) is 5.87. The number of fused-ring (bicyclic) bond motifs is 3. The van der Waals surface area contributed by atoms with E-state index in [4.69, 9.17) is 4.74 Å². The highest BCUT2D eigenvalue weighted by molar-refractivity contribution is 9.10. The van der Waals surface area contributed by atoms with E-state index in [0.717, 1.165) is 4.47 Å². The van der Waals surface area contributed by atoms with Crippen molar-refractivity contribution in [2.24, 2.45) is 0 Å². The van der Waals surface area contributed by atoms with E-state index in [0.29, 0.717) is 11.3 Å². The van der Waals surface area contributed by atoms with Gasteiger partial charge in [0.25, 0.3) is 0 Å². The lowest BCUT2D eigenvalue weighted by Crippen LogP contribution is -2.18. The molecule has 5 heteroatoms. The fourth-order valence-corrected chi connectivity index (χ4v) is 4.07. The Labute approximate surface area is 165 Å². The molecule has 0 atom stereocenters. The van der Waals surface area contributed by atoms with Crippen LogP contribution in [0.5, 0.6) is 0 Å². The maximum absolute atomic E-state index is 12.3. The van der Waals surface area contributed by atoms with Crippen LogP contribution in [0.1, 0.15) is 22.6 Å². The zero-order chi connectivity index (χ0) is 18.8. The number of aliphatic hydroxyl groups is 1. The minimum atomic E-state index is -0.537. The number of amides is 1. The summed E-state index contributed by atoms with van der Waals surface area (Å²) in [6.07, 6.45) is -0.537. The van der Waals surface area contributed by atoms with Gasteiger partial charge >= 0.3 is 6.09 Å². The zero-order valence-electron chi connectivity index (χ0n) is 14.5. The quantitative estimate of drug-likeness (QED) is 0.598. The van der Waals surface area contributed by atoms with Gasteiger partial charge < -0.3 is 9.84 Å². The van der Waals surface area contributed by atoms with Crippen LogP contribution in [0.2, 0.25) is 0 Å². The Morgan fingerprint density at radius 3 is 2.22 bits per heavy atom. The Morgan fingerprint density at radius 1 is 0.963 bits per heavy atom. The molecule has 1 aliphatic carbocycles. The average molecular weight is 424 g/mol. The Bertz CT molecular complexity index is 957. The number of anilines is 1. The van der Waals surface area contributed by atoms with Crippen LogP contribution >= 0.6 is 15.9 Å². The highest BCUT2D eigenvalue weighted by Crippen LogP contribution is 2.44. The first-order chi connectivity index (χ1) is 13.2. The van der Waals surface area contributed by atoms with Gasteiger partial charge in [0.05, 0.1) is 12.3 Å². The van der Waals surface area contributed by atoms with E-state index in [1.54, 1.807) is 12.1 Å². The van der Waals surface area contributed by atoms with Crippen molar-refractivity contribution in [2.45, 2.75) is 12.5 Å². The third-order valence-electron chi connectivity index (χ3n) is 4.86. The van der Waals surface area contributed by atoms with Crippen LogP contribution in [-0.2, 0) is 11.3 Å². The van der Waals surface area contributed by atoms with Crippen molar-refractivity contribution in [2.75, 3.05) is 11.9 Å². The van der Waals surface area contributed by atoms with Crippen molar-refractivity contribution in [3.63, 3.8) is 0 Å². The molecule has 0 fully saturated rings. The molecule has 0 aliphatic heterocycles. The smallest absolute Gasteiger partial charge is 0.411 e. The maximum Gasteiger partial charge on any atom is 0.411 e. The Kier molecular flexibility index (Phi) is 4.97. The fourth-order valence-electron chi connectivity index (χ4n) is 3.58. The molecule has 0 unspecified atom stereocenters. The molecule has 2 N–H and O–H groups in total. The number of hydrogen-bond acceptors (Lipinski definition) is 3. The number of carbonyl (C=O) groups is 1. The SMILES string of the molecule is O=C(Nc1cccc(Br)c1CO)OCC1c2ccccc2-c2ccccc21. The number of rotatable bonds is 4. The molecule has 0 heterocycles. The van der Waals surface area contributed by atoms with Crippen LogP contribution in [0.3, 0.4) is 0 Å². The molecule has 0 radical (unpaired) electrons. The number of carbonyl (C=O) groups excluding carboxylic acids is 1. The van der Waals surface area contributed by atoms with Crippen molar-refractivity contribution in [3.8, 4) is 11.1 Å². The largest absolute Gasteiger partial charge is 0.448 e. The van der Waals surface area contributed by atoms with Gasteiger partial charge in [0, 0.05) is 16.0 Å². The van der Waals surface area contributed by atoms with Crippen LogP contribution in [0, 0.1) is 0 Å². The Morgan fingerprint density at radius 2 is 1.59 bits per heavy atom. The molecule has 1 aliphatic rings. The van der Waals surface area contributed by atoms with Gasteiger partial charge in [0.2, 0.25) is 0 Å². The summed E-state index contributed by atoms with van der Waals surface area (Å²) in [7, 11) is 0. The summed E-state index contributed by atoms with van der Waals surface area (Å²) in [5, 5.41) is 12.2. The topological polar surface area (TPSA) is 58.6 Å². The van der Waals surface area contributed by atoms with E-state index in [-0.39, 0.29) is 19.1 Å². The average Bonchev–Trinajstić information content (AvgIpc) is 3.00. The number of hydrogen-bond donors (Lipinski definition) is 2. The molecule has 0 spiro atoms. The van der Waals surface area contributed by atoms with Crippen LogP contribution in [0.15, 0.2) is 71.2 Å². The molecule has 0 aromatic heterocycles. The molecular weight excluding hydrogens is 406 g/mol. The second-order valence-electron chi connectivity index (χ2n) is 6.37. The van der Waals surface area contributed by atoms with Gasteiger partial charge in [-0.1, -0.05) is 70.5 Å². The van der Waals surface area contributed by atoms with Gasteiger partial charge in [0.15, 0.2) is 0 Å². The molecule has 4 nitrogen and oxygen atoms in total. The maximum atomic E-state index is 12.3. The number of ether oxygens (including phenoxy) is 1. The summed E-state index contributed by atoms with van der Waals surface area (Å²) in [4.78, 5) is 12.3. The summed E-state index contributed by atoms with van der Waals surface area (Å²) < 4.78 is 6.27. The van der Waals surface area contributed by atoms with Crippen LogP contribution < -0.4 is 5.32 Å². The molecule has 136 valence electrons. The molecule has 3 aromatic rings. The minimum absolute atomic E-state index is 0.0166. The predicted octanol–water partition coefficient (Wildman–Crippen LogP) is 5.30. The lowest BCUT2D eigenvalue weighted by Gasteiger charge is -2.15. The van der Waals surface area contributed by atoms with Crippen LogP contribution in [-0.4, -0.2) is 17.8 Å². The highest BCUT2D eigenvalue weighted by Gasteiger charge is 2.29. The Balaban J connectivity index is 1.51. The standard InChI is InChI=1S/C22H18BrNO3/c23-20-10-5-11-21(18(20)12-25)24-22(26)27-13-19-16-8-3-1-6-14(16)15-7-2-4-9-17(15)19/h1-11,19,25H,12-13H2,(H,24,26). The second-order valence-corrected chi connectivity index (χ2v) is 7.23. The summed E-state index contributed by atoms with van der Waals surface area (Å²) in [6, 6.07) is 21.8. The molecule has 4 rings (SSSR count). The van der Waals surface area contributed by atoms with Gasteiger partial charge in [0.1, 0.15) is 6.61 Å². The monoisotopic (exact) mass is 423 g/mol. The van der Waals surface area contributed by atoms with E-state index >= 15 is 0 Å². The first-order valence-electron chi connectivity index (χ1n) is 8.69. The first kappa shape index (κ1) is 17.8. The predicted molar refractivity (Wildman–Crippen MR) is 109 cm³/mol. The van der Waals surface area contributed by atoms with Crippen molar-refractivity contribution < 1.29 is 14.6 Å². The fraction of sp³-hybridized carbons (Fsp3) is 0.136. The van der Waals surface area contributed by atoms with Crippen molar-refractivity contribution in [1.82, 2.24) is 0 Å². The lowest BCUT2D eigenvalue weighted by atomic mass is 9.98. The van der Waals surface area contributed by atoms with E-state index in [2.05, 4.69) is 45.5 Å². The summed E-state index contributed by atoms with van der Waals surface area (Å²) in [5.74, 6) is 0.0166. The van der Waals surface area contributed by atoms with Crippen molar-refractivity contribution in [3.05, 3.63) is 87.9 Å². The van der Waals surface area contributed by atoms with Crippen LogP contribution in [0.4, 0.5) is 10.5 Å². The zero-order valence-corrected chi connectivity index (χ0v) is 16.1. The molecule has 1 amide bonds. The number of benzene rings is 3. The molecule has 0 bridgehead atoms. The molecule has 27 heavy (non-hydrogen) atoms. The normalized spacial score (nSPS) is 12.4. The van der Waals surface area contributed by atoms with Gasteiger partial charge in [-0.25, -0.2) is 4.79 Å². The summed E-state index contributed by atoms with van der Waals surface area (Å²) >= 11 is 3.37. The number of halogens is 1. The van der Waals surface area contributed by atoms with Gasteiger partial charge in [-0.15, -0.1) is 0 Å².